The summed E-state index contributed by atoms with van der Waals surface area (Å²) in [6.45, 7) is 2.82. The lowest BCUT2D eigenvalue weighted by molar-refractivity contribution is 0.682. The van der Waals surface area contributed by atoms with Gasteiger partial charge in [-0.05, 0) is 25.5 Å². The lowest BCUT2D eigenvalue weighted by Crippen LogP contribution is -2.26. The Morgan fingerprint density at radius 2 is 2.47 bits per heavy atom. The van der Waals surface area contributed by atoms with Crippen LogP contribution >= 0.6 is 23.4 Å². The zero-order valence-electron chi connectivity index (χ0n) is 9.87. The van der Waals surface area contributed by atoms with Crippen molar-refractivity contribution in [1.82, 2.24) is 9.97 Å². The Balaban J connectivity index is 2.04. The van der Waals surface area contributed by atoms with Gasteiger partial charge in [0.1, 0.15) is 5.02 Å². The van der Waals surface area contributed by atoms with E-state index in [1.54, 1.807) is 6.20 Å². The Morgan fingerprint density at radius 1 is 1.59 bits per heavy atom. The number of hydrogen-bond donors (Lipinski definition) is 2. The first kappa shape index (κ1) is 12.8. The van der Waals surface area contributed by atoms with Crippen molar-refractivity contribution in [1.29, 1.82) is 0 Å². The quantitative estimate of drug-likeness (QED) is 0.883. The highest BCUT2D eigenvalue weighted by Crippen LogP contribution is 2.24. The number of nitrogens with zero attached hydrogens (tertiary/aromatic N) is 2. The molecule has 1 aliphatic rings. The van der Waals surface area contributed by atoms with Gasteiger partial charge >= 0.3 is 0 Å². The topological polar surface area (TPSA) is 49.8 Å². The molecule has 0 spiro atoms. The van der Waals surface area contributed by atoms with Gasteiger partial charge in [0.2, 0.25) is 5.95 Å². The molecule has 17 heavy (non-hydrogen) atoms. The van der Waals surface area contributed by atoms with Gasteiger partial charge in [0.05, 0.1) is 6.20 Å². The molecule has 1 aliphatic heterocycles. The number of hydrogen-bond acceptors (Lipinski definition) is 5. The molecule has 1 atom stereocenters. The monoisotopic (exact) mass is 272 g/mol. The molecule has 1 aromatic heterocycles. The van der Waals surface area contributed by atoms with Crippen LogP contribution in [0.5, 0.6) is 0 Å². The molecule has 0 aliphatic carbocycles. The van der Waals surface area contributed by atoms with Gasteiger partial charge in [-0.25, -0.2) is 4.98 Å². The van der Waals surface area contributed by atoms with E-state index in [4.69, 9.17) is 11.6 Å². The number of thioether (sulfide) groups is 1. The van der Waals surface area contributed by atoms with Gasteiger partial charge in [0.25, 0.3) is 0 Å². The zero-order chi connectivity index (χ0) is 12.1. The fourth-order valence-corrected chi connectivity index (χ4v) is 2.98. The molecule has 0 aromatic carbocycles. The summed E-state index contributed by atoms with van der Waals surface area (Å²) in [5, 5.41) is 7.08. The minimum absolute atomic E-state index is 0.468. The minimum Gasteiger partial charge on any atom is -0.365 e. The van der Waals surface area contributed by atoms with Crippen LogP contribution in [0.1, 0.15) is 19.8 Å². The standard InChI is InChI=1S/C11H17ClN4S/c1-2-13-11-14-6-9(12)10(16-11)15-8-4-3-5-17-7-8/h6,8H,2-5,7H2,1H3,(H2,13,14,15,16). The lowest BCUT2D eigenvalue weighted by atomic mass is 10.2. The van der Waals surface area contributed by atoms with E-state index in [2.05, 4.69) is 20.6 Å². The largest absolute Gasteiger partial charge is 0.365 e. The van der Waals surface area contributed by atoms with Gasteiger partial charge in [0.15, 0.2) is 5.82 Å². The lowest BCUT2D eigenvalue weighted by Gasteiger charge is -2.23. The van der Waals surface area contributed by atoms with Crippen LogP contribution in [-0.2, 0) is 0 Å². The van der Waals surface area contributed by atoms with Crippen LogP contribution in [0.2, 0.25) is 5.02 Å². The fraction of sp³-hybridized carbons (Fsp3) is 0.636. The first-order chi connectivity index (χ1) is 8.29. The fourth-order valence-electron chi connectivity index (χ4n) is 1.76. The zero-order valence-corrected chi connectivity index (χ0v) is 11.4. The molecule has 0 bridgehead atoms. The average Bonchev–Trinajstić information content (AvgIpc) is 2.35. The highest BCUT2D eigenvalue weighted by atomic mass is 35.5. The highest BCUT2D eigenvalue weighted by molar-refractivity contribution is 7.99. The first-order valence-electron chi connectivity index (χ1n) is 5.90. The van der Waals surface area contributed by atoms with Gasteiger partial charge in [-0.1, -0.05) is 11.6 Å². The van der Waals surface area contributed by atoms with Crippen LogP contribution in [0, 0.1) is 0 Å². The van der Waals surface area contributed by atoms with Crippen molar-refractivity contribution in [3.05, 3.63) is 11.2 Å². The van der Waals surface area contributed by atoms with E-state index < -0.39 is 0 Å². The van der Waals surface area contributed by atoms with E-state index in [1.165, 1.54) is 18.6 Å². The summed E-state index contributed by atoms with van der Waals surface area (Å²) in [6, 6.07) is 0.468. The van der Waals surface area contributed by atoms with Crippen molar-refractivity contribution < 1.29 is 0 Å². The smallest absolute Gasteiger partial charge is 0.224 e. The van der Waals surface area contributed by atoms with E-state index in [0.717, 1.165) is 18.1 Å². The maximum Gasteiger partial charge on any atom is 0.224 e. The molecular formula is C11H17ClN4S. The molecule has 1 fully saturated rings. The van der Waals surface area contributed by atoms with Crippen LogP contribution in [-0.4, -0.2) is 34.1 Å². The molecular weight excluding hydrogens is 256 g/mol. The summed E-state index contributed by atoms with van der Waals surface area (Å²) < 4.78 is 0. The molecule has 1 aromatic rings. The summed E-state index contributed by atoms with van der Waals surface area (Å²) in [5.74, 6) is 3.75. The third-order valence-corrected chi connectivity index (χ3v) is 4.07. The molecule has 94 valence electrons. The third-order valence-electron chi connectivity index (χ3n) is 2.58. The molecule has 1 unspecified atom stereocenters. The Kier molecular flexibility index (Phi) is 4.74. The van der Waals surface area contributed by atoms with Gasteiger partial charge in [-0.3, -0.25) is 0 Å². The maximum atomic E-state index is 6.09. The Morgan fingerprint density at radius 3 is 3.18 bits per heavy atom. The Hall–Kier alpha value is -0.680. The number of aromatic nitrogens is 2. The van der Waals surface area contributed by atoms with Crippen molar-refractivity contribution >= 4 is 35.1 Å². The van der Waals surface area contributed by atoms with Crippen LogP contribution in [0.3, 0.4) is 0 Å². The second-order valence-electron chi connectivity index (χ2n) is 3.98. The summed E-state index contributed by atoms with van der Waals surface area (Å²) in [4.78, 5) is 8.50. The number of nitrogens with one attached hydrogen (secondary N) is 2. The van der Waals surface area contributed by atoms with Gasteiger partial charge < -0.3 is 10.6 Å². The van der Waals surface area contributed by atoms with Crippen LogP contribution in [0.15, 0.2) is 6.20 Å². The first-order valence-corrected chi connectivity index (χ1v) is 7.43. The summed E-state index contributed by atoms with van der Waals surface area (Å²) >= 11 is 8.07. The van der Waals surface area contributed by atoms with Crippen molar-refractivity contribution in [3.8, 4) is 0 Å². The molecule has 2 rings (SSSR count). The van der Waals surface area contributed by atoms with E-state index in [-0.39, 0.29) is 0 Å². The molecule has 2 heterocycles. The maximum absolute atomic E-state index is 6.09. The van der Waals surface area contributed by atoms with Gasteiger partial charge in [-0.2, -0.15) is 16.7 Å². The van der Waals surface area contributed by atoms with E-state index in [9.17, 15) is 0 Å². The third kappa shape index (κ3) is 3.64. The van der Waals surface area contributed by atoms with E-state index in [1.807, 2.05) is 18.7 Å². The van der Waals surface area contributed by atoms with Crippen LogP contribution < -0.4 is 10.6 Å². The Bertz CT molecular complexity index is 368. The molecule has 0 amide bonds. The molecule has 2 N–H and O–H groups in total. The second-order valence-corrected chi connectivity index (χ2v) is 5.54. The van der Waals surface area contributed by atoms with Crippen LogP contribution in [0.4, 0.5) is 11.8 Å². The second kappa shape index (κ2) is 6.31. The molecule has 0 radical (unpaired) electrons. The molecule has 6 heteroatoms. The summed E-state index contributed by atoms with van der Waals surface area (Å²) in [6.07, 6.45) is 4.08. The summed E-state index contributed by atoms with van der Waals surface area (Å²) in [7, 11) is 0. The normalized spacial score (nSPS) is 20.0. The van der Waals surface area contributed by atoms with Crippen molar-refractivity contribution in [2.45, 2.75) is 25.8 Å². The van der Waals surface area contributed by atoms with Crippen molar-refractivity contribution in [2.24, 2.45) is 0 Å². The highest BCUT2D eigenvalue weighted by Gasteiger charge is 2.15. The molecule has 1 saturated heterocycles. The Labute approximate surface area is 111 Å². The predicted octanol–water partition coefficient (Wildman–Crippen LogP) is 2.87. The predicted molar refractivity (Wildman–Crippen MR) is 75.2 cm³/mol. The molecule has 4 nitrogen and oxygen atoms in total. The number of anilines is 2. The molecule has 0 saturated carbocycles. The summed E-state index contributed by atoms with van der Waals surface area (Å²) in [5.41, 5.74) is 0. The van der Waals surface area contributed by atoms with Crippen molar-refractivity contribution in [3.63, 3.8) is 0 Å². The van der Waals surface area contributed by atoms with E-state index >= 15 is 0 Å². The SMILES string of the molecule is CCNc1ncc(Cl)c(NC2CCCSC2)n1. The number of rotatable bonds is 4. The number of halogens is 1. The minimum atomic E-state index is 0.468. The van der Waals surface area contributed by atoms with Gasteiger partial charge in [-0.15, -0.1) is 0 Å². The van der Waals surface area contributed by atoms with Crippen LogP contribution in [0.25, 0.3) is 0 Å². The van der Waals surface area contributed by atoms with Gasteiger partial charge in [0, 0.05) is 18.3 Å². The average molecular weight is 273 g/mol. The van der Waals surface area contributed by atoms with Crippen molar-refractivity contribution in [2.75, 3.05) is 28.7 Å². The van der Waals surface area contributed by atoms with E-state index in [0.29, 0.717) is 17.0 Å².